The molecule has 2 N–H and O–H groups in total. The van der Waals surface area contributed by atoms with Gasteiger partial charge in [0.25, 0.3) is 15.9 Å². The van der Waals surface area contributed by atoms with Gasteiger partial charge in [-0.2, -0.15) is 0 Å². The number of rotatable bonds is 5. The maximum atomic E-state index is 12.4. The molecular weight excluding hydrogens is 378 g/mol. The van der Waals surface area contributed by atoms with Crippen molar-refractivity contribution < 1.29 is 17.7 Å². The van der Waals surface area contributed by atoms with Crippen molar-refractivity contribution >= 4 is 39.0 Å². The van der Waals surface area contributed by atoms with Crippen molar-refractivity contribution in [3.63, 3.8) is 0 Å². The molecule has 0 saturated carbocycles. The molecule has 0 atom stereocenters. The molecule has 0 saturated heterocycles. The van der Waals surface area contributed by atoms with Gasteiger partial charge in [0.1, 0.15) is 4.88 Å². The van der Waals surface area contributed by atoms with Crippen LogP contribution in [0.15, 0.2) is 33.7 Å². The number of nitrogens with zero attached hydrogens (tertiary/aromatic N) is 3. The maximum absolute atomic E-state index is 12.4. The van der Waals surface area contributed by atoms with Crippen LogP contribution in [-0.2, 0) is 10.0 Å². The summed E-state index contributed by atoms with van der Waals surface area (Å²) in [6.07, 6.45) is 0. The van der Waals surface area contributed by atoms with Crippen LogP contribution in [0.25, 0.3) is 0 Å². The van der Waals surface area contributed by atoms with Gasteiger partial charge in [0.15, 0.2) is 0 Å². The lowest BCUT2D eigenvalue weighted by Crippen LogP contribution is -2.14. The molecule has 0 bridgehead atoms. The number of carbonyl (C=O) groups is 1. The van der Waals surface area contributed by atoms with Crippen LogP contribution in [0, 0.1) is 20.8 Å². The largest absolute Gasteiger partial charge is 0.337 e. The van der Waals surface area contributed by atoms with Crippen molar-refractivity contribution in [2.75, 3.05) is 10.0 Å². The van der Waals surface area contributed by atoms with Crippen molar-refractivity contribution in [1.82, 2.24) is 14.7 Å². The van der Waals surface area contributed by atoms with E-state index < -0.39 is 10.0 Å². The molecule has 26 heavy (non-hydrogen) atoms. The third kappa shape index (κ3) is 3.58. The highest BCUT2D eigenvalue weighted by atomic mass is 32.2. The average molecular weight is 393 g/mol. The van der Waals surface area contributed by atoms with Gasteiger partial charge < -0.3 is 9.84 Å². The molecule has 9 nitrogen and oxygen atoms in total. The number of hydrogen-bond donors (Lipinski definition) is 2. The summed E-state index contributed by atoms with van der Waals surface area (Å²) in [4.78, 5) is 12.6. The van der Waals surface area contributed by atoms with E-state index in [1.807, 2.05) is 0 Å². The Balaban J connectivity index is 1.75. The molecule has 3 aromatic rings. The molecule has 0 aliphatic heterocycles. The standard InChI is InChI=1S/C15H15N5O4S2/c1-8-9(2)18-24-15(8)19-26(22,23)12-6-4-11(5-7-12)16-14(21)13-10(3)17-20-25-13/h4-7,19H,1-3H3,(H,16,21). The Hall–Kier alpha value is -2.79. The van der Waals surface area contributed by atoms with Crippen LogP contribution in [0.3, 0.4) is 0 Å². The van der Waals surface area contributed by atoms with Crippen LogP contribution < -0.4 is 10.0 Å². The first-order valence-corrected chi connectivity index (χ1v) is 9.69. The maximum Gasteiger partial charge on any atom is 0.269 e. The second-order valence-electron chi connectivity index (χ2n) is 5.49. The van der Waals surface area contributed by atoms with E-state index in [4.69, 9.17) is 4.52 Å². The van der Waals surface area contributed by atoms with Crippen molar-refractivity contribution in [2.45, 2.75) is 25.7 Å². The molecule has 11 heteroatoms. The number of hydrogen-bond acceptors (Lipinski definition) is 8. The summed E-state index contributed by atoms with van der Waals surface area (Å²) in [5, 5.41) is 10.2. The number of sulfonamides is 1. The Labute approximate surface area is 153 Å². The van der Waals surface area contributed by atoms with Crippen LogP contribution in [-0.4, -0.2) is 29.1 Å². The fourth-order valence-electron chi connectivity index (χ4n) is 2.04. The lowest BCUT2D eigenvalue weighted by atomic mass is 10.3. The molecule has 136 valence electrons. The average Bonchev–Trinajstić information content (AvgIpc) is 3.16. The van der Waals surface area contributed by atoms with Crippen LogP contribution in [0.1, 0.15) is 26.6 Å². The van der Waals surface area contributed by atoms with E-state index in [-0.39, 0.29) is 16.7 Å². The summed E-state index contributed by atoms with van der Waals surface area (Å²) in [6, 6.07) is 5.76. The molecule has 1 amide bonds. The van der Waals surface area contributed by atoms with Gasteiger partial charge in [-0.1, -0.05) is 9.64 Å². The van der Waals surface area contributed by atoms with Gasteiger partial charge in [0.2, 0.25) is 5.88 Å². The Morgan fingerprint density at radius 3 is 2.35 bits per heavy atom. The monoisotopic (exact) mass is 393 g/mol. The molecule has 0 unspecified atom stereocenters. The zero-order chi connectivity index (χ0) is 18.9. The number of nitrogens with one attached hydrogen (secondary N) is 2. The minimum atomic E-state index is -3.83. The van der Waals surface area contributed by atoms with E-state index in [1.54, 1.807) is 20.8 Å². The fourth-order valence-corrected chi connectivity index (χ4v) is 3.63. The van der Waals surface area contributed by atoms with Crippen LogP contribution in [0.4, 0.5) is 11.6 Å². The molecule has 2 aromatic heterocycles. The molecule has 1 aromatic carbocycles. The van der Waals surface area contributed by atoms with E-state index >= 15 is 0 Å². The molecule has 2 heterocycles. The quantitative estimate of drug-likeness (QED) is 0.682. The molecule has 0 fully saturated rings. The highest BCUT2D eigenvalue weighted by molar-refractivity contribution is 7.92. The minimum absolute atomic E-state index is 0.0274. The summed E-state index contributed by atoms with van der Waals surface area (Å²) in [7, 11) is -3.83. The lowest BCUT2D eigenvalue weighted by molar-refractivity contribution is 0.103. The van der Waals surface area contributed by atoms with Gasteiger partial charge in [0, 0.05) is 11.3 Å². The third-order valence-electron chi connectivity index (χ3n) is 3.66. The Bertz CT molecular complexity index is 1050. The summed E-state index contributed by atoms with van der Waals surface area (Å²) < 4.78 is 35.9. The predicted molar refractivity (Wildman–Crippen MR) is 95.8 cm³/mol. The third-order valence-corrected chi connectivity index (χ3v) is 5.84. The SMILES string of the molecule is Cc1nnsc1C(=O)Nc1ccc(S(=O)(=O)Nc2onc(C)c2C)cc1. The minimum Gasteiger partial charge on any atom is -0.337 e. The normalized spacial score (nSPS) is 11.3. The van der Waals surface area contributed by atoms with E-state index in [1.165, 1.54) is 24.3 Å². The highest BCUT2D eigenvalue weighted by Crippen LogP contribution is 2.23. The molecule has 0 aliphatic rings. The first-order valence-electron chi connectivity index (χ1n) is 7.44. The summed E-state index contributed by atoms with van der Waals surface area (Å²) in [5.74, 6) is -0.271. The Morgan fingerprint density at radius 1 is 1.12 bits per heavy atom. The van der Waals surface area contributed by atoms with Crippen LogP contribution in [0.5, 0.6) is 0 Å². The molecule has 3 rings (SSSR count). The summed E-state index contributed by atoms with van der Waals surface area (Å²) in [5.41, 5.74) is 2.21. The van der Waals surface area contributed by atoms with E-state index in [2.05, 4.69) is 24.8 Å². The van der Waals surface area contributed by atoms with Crippen LogP contribution >= 0.6 is 11.5 Å². The van der Waals surface area contributed by atoms with Gasteiger partial charge in [-0.3, -0.25) is 4.79 Å². The fraction of sp³-hybridized carbons (Fsp3) is 0.200. The first-order chi connectivity index (χ1) is 12.3. The molecular formula is C15H15N5O4S2. The second kappa shape index (κ2) is 6.84. The topological polar surface area (TPSA) is 127 Å². The van der Waals surface area contributed by atoms with Gasteiger partial charge in [-0.05, 0) is 56.6 Å². The van der Waals surface area contributed by atoms with Crippen LogP contribution in [0.2, 0.25) is 0 Å². The lowest BCUT2D eigenvalue weighted by Gasteiger charge is -2.08. The van der Waals surface area contributed by atoms with Gasteiger partial charge in [0.05, 0.1) is 16.3 Å². The second-order valence-corrected chi connectivity index (χ2v) is 7.93. The van der Waals surface area contributed by atoms with E-state index in [9.17, 15) is 13.2 Å². The first kappa shape index (κ1) is 18.0. The zero-order valence-electron chi connectivity index (χ0n) is 14.1. The van der Waals surface area contributed by atoms with Crippen molar-refractivity contribution in [2.24, 2.45) is 0 Å². The van der Waals surface area contributed by atoms with Crippen molar-refractivity contribution in [1.29, 1.82) is 0 Å². The van der Waals surface area contributed by atoms with Gasteiger partial charge in [-0.15, -0.1) is 5.10 Å². The number of carbonyl (C=O) groups excluding carboxylic acids is 1. The summed E-state index contributed by atoms with van der Waals surface area (Å²) in [6.45, 7) is 5.11. The zero-order valence-corrected chi connectivity index (χ0v) is 15.7. The van der Waals surface area contributed by atoms with Crippen molar-refractivity contribution in [3.8, 4) is 0 Å². The van der Waals surface area contributed by atoms with E-state index in [0.29, 0.717) is 27.5 Å². The number of amides is 1. The number of aromatic nitrogens is 3. The number of aryl methyl sites for hydroxylation is 2. The number of anilines is 2. The van der Waals surface area contributed by atoms with E-state index in [0.717, 1.165) is 11.5 Å². The van der Waals surface area contributed by atoms with Crippen molar-refractivity contribution in [3.05, 3.63) is 46.1 Å². The van der Waals surface area contributed by atoms with Gasteiger partial charge in [-0.25, -0.2) is 13.1 Å². The molecule has 0 spiro atoms. The Kier molecular flexibility index (Phi) is 4.74. The highest BCUT2D eigenvalue weighted by Gasteiger charge is 2.19. The Morgan fingerprint density at radius 2 is 1.81 bits per heavy atom. The number of benzene rings is 1. The smallest absolute Gasteiger partial charge is 0.269 e. The predicted octanol–water partition coefficient (Wildman–Crippen LogP) is 2.50. The summed E-state index contributed by atoms with van der Waals surface area (Å²) >= 11 is 0.993. The molecule has 0 radical (unpaired) electrons. The molecule has 0 aliphatic carbocycles. The van der Waals surface area contributed by atoms with Gasteiger partial charge >= 0.3 is 0 Å².